The van der Waals surface area contributed by atoms with Gasteiger partial charge in [-0.3, -0.25) is 24.7 Å². The first-order valence-electron chi connectivity index (χ1n) is 25.9. The number of sulfonamides is 1. The molecule has 0 radical (unpaired) electrons. The summed E-state index contributed by atoms with van der Waals surface area (Å²) < 4.78 is 36.2. The molecule has 1 unspecified atom stereocenters. The fourth-order valence-electron chi connectivity index (χ4n) is 11.9. The van der Waals surface area contributed by atoms with E-state index in [1.165, 1.54) is 35.0 Å². The van der Waals surface area contributed by atoms with Gasteiger partial charge in [-0.25, -0.2) is 23.0 Å². The number of pyridine rings is 1. The van der Waals surface area contributed by atoms with E-state index < -0.39 is 37.0 Å². The lowest BCUT2D eigenvalue weighted by atomic mass is 9.59. The number of rotatable bonds is 15. The van der Waals surface area contributed by atoms with Crippen LogP contribution in [0.1, 0.15) is 111 Å². The number of nitro groups is 1. The smallest absolute Gasteiger partial charge is 0.293 e. The number of ether oxygens (including phenoxy) is 1. The molecule has 2 aliphatic carbocycles. The van der Waals surface area contributed by atoms with Crippen LogP contribution in [0.15, 0.2) is 114 Å². The highest BCUT2D eigenvalue weighted by molar-refractivity contribution is 7.90. The number of carbonyl (C=O) groups is 1. The van der Waals surface area contributed by atoms with E-state index in [0.29, 0.717) is 48.4 Å². The predicted octanol–water partition coefficient (Wildman–Crippen LogP) is 10.7. The number of hydrogen-bond donors (Lipinski definition) is 4. The fraction of sp³-hybridized carbons (Fsp3) is 0.421. The number of nitrogens with one attached hydrogen (secondary N) is 3. The maximum absolute atomic E-state index is 14.1. The first-order chi connectivity index (χ1) is 35.5. The Morgan fingerprint density at radius 1 is 0.973 bits per heavy atom. The molecular weight excluding hydrogens is 955 g/mol. The molecule has 17 heteroatoms. The number of aromatic nitrogens is 2. The second-order valence-electron chi connectivity index (χ2n) is 21.7. The zero-order chi connectivity index (χ0) is 51.8. The van der Waals surface area contributed by atoms with Crippen LogP contribution in [0.3, 0.4) is 0 Å². The van der Waals surface area contributed by atoms with Crippen molar-refractivity contribution in [3.05, 3.63) is 153 Å². The zero-order valence-corrected chi connectivity index (χ0v) is 43.1. The molecule has 6 aromatic rings. The van der Waals surface area contributed by atoms with Crippen LogP contribution < -0.4 is 19.7 Å². The Morgan fingerprint density at radius 2 is 1.73 bits per heavy atom. The van der Waals surface area contributed by atoms with Gasteiger partial charge in [0, 0.05) is 87.3 Å². The quantitative estimate of drug-likeness (QED) is 0.0433. The van der Waals surface area contributed by atoms with E-state index >= 15 is 0 Å². The number of piperidine rings is 1. The summed E-state index contributed by atoms with van der Waals surface area (Å²) in [7, 11) is -4.59. The lowest BCUT2D eigenvalue weighted by molar-refractivity contribution is -0.384. The number of piperazine rings is 1. The third kappa shape index (κ3) is 11.0. The summed E-state index contributed by atoms with van der Waals surface area (Å²) in [6.07, 6.45) is 10.4. The predicted molar refractivity (Wildman–Crippen MR) is 286 cm³/mol. The van der Waals surface area contributed by atoms with E-state index in [-0.39, 0.29) is 34.4 Å². The third-order valence-corrected chi connectivity index (χ3v) is 17.6. The first kappa shape index (κ1) is 50.7. The van der Waals surface area contributed by atoms with E-state index in [0.717, 1.165) is 94.9 Å². The topological polar surface area (TPSA) is 191 Å². The first-order valence-corrected chi connectivity index (χ1v) is 27.4. The Balaban J connectivity index is 0.831. The number of nitro benzene ring substituents is 1. The molecule has 0 bridgehead atoms. The van der Waals surface area contributed by atoms with E-state index in [1.54, 1.807) is 24.4 Å². The second kappa shape index (κ2) is 20.8. The minimum Gasteiger partial charge on any atom is -0.455 e. The summed E-state index contributed by atoms with van der Waals surface area (Å²) in [5.41, 5.74) is 5.40. The van der Waals surface area contributed by atoms with Crippen molar-refractivity contribution in [3.63, 3.8) is 0 Å². The molecule has 2 aliphatic heterocycles. The Kier molecular flexibility index (Phi) is 14.3. The van der Waals surface area contributed by atoms with Crippen molar-refractivity contribution >= 4 is 49.7 Å². The van der Waals surface area contributed by atoms with Crippen LogP contribution >= 0.6 is 0 Å². The van der Waals surface area contributed by atoms with Crippen LogP contribution in [-0.2, 0) is 16.6 Å². The van der Waals surface area contributed by atoms with Gasteiger partial charge in [0.1, 0.15) is 22.8 Å². The highest BCUT2D eigenvalue weighted by Gasteiger charge is 2.50. The minimum absolute atomic E-state index is 0.0345. The summed E-state index contributed by atoms with van der Waals surface area (Å²) in [5, 5.41) is 26.5. The third-order valence-electron chi connectivity index (χ3n) is 16.2. The molecule has 4 N–H and O–H groups in total. The number of fused-ring (bicyclic) bond motifs is 1. The Hall–Kier alpha value is -6.84. The van der Waals surface area contributed by atoms with Crippen LogP contribution in [0, 0.1) is 28.0 Å². The van der Waals surface area contributed by atoms with Gasteiger partial charge in [-0.2, -0.15) is 0 Å². The average Bonchev–Trinajstić information content (AvgIpc) is 3.86. The molecule has 74 heavy (non-hydrogen) atoms. The normalized spacial score (nSPS) is 21.5. The summed E-state index contributed by atoms with van der Waals surface area (Å²) in [5.74, 6) is 0.135. The largest absolute Gasteiger partial charge is 0.455 e. The highest BCUT2D eigenvalue weighted by Crippen LogP contribution is 2.53. The van der Waals surface area contributed by atoms with Crippen molar-refractivity contribution in [3.8, 4) is 11.5 Å². The van der Waals surface area contributed by atoms with E-state index in [1.807, 2.05) is 31.2 Å². The van der Waals surface area contributed by atoms with Gasteiger partial charge in [0.2, 0.25) is 0 Å². The Bertz CT molecular complexity index is 3180. The number of aliphatic hydroxyl groups is 1. The van der Waals surface area contributed by atoms with Gasteiger partial charge in [0.05, 0.1) is 33.8 Å². The standard InChI is InChI=1S/C57H65N9O7S/c1-38(2)47-7-5-6-8-48(47)52-37-63(36-40-9-11-42(58-4)12-10-40)27-28-65(52)44-32-57(33-44)22-25-64(26-23-57)43-13-15-49(53(30-43)73-45-29-41-19-24-59-54(41)61-35-45)55(67)62-74(71,72)46-14-16-50(51(31-46)66(69)70)60-34-39-17-20-56(3,68)21-18-39/h5-16,19,24,29-31,35,38-39,44,52,60,68H,17-18,20-23,25-28,32-34,36-37H2,1-3H3,(H,59,61)(H,62,67). The molecule has 1 atom stereocenters. The number of aromatic amines is 1. The van der Waals surface area contributed by atoms with E-state index in [2.05, 4.69) is 89.8 Å². The molecule has 2 saturated heterocycles. The highest BCUT2D eigenvalue weighted by atomic mass is 32.2. The number of amides is 1. The minimum atomic E-state index is -4.59. The molecule has 16 nitrogen and oxygen atoms in total. The summed E-state index contributed by atoms with van der Waals surface area (Å²) in [4.78, 5) is 44.0. The number of nitrogens with zero attached hydrogens (tertiary/aromatic N) is 6. The number of H-pyrrole nitrogens is 1. The van der Waals surface area contributed by atoms with Gasteiger partial charge in [-0.15, -0.1) is 0 Å². The van der Waals surface area contributed by atoms with Crippen LogP contribution in [0.5, 0.6) is 11.5 Å². The molecular formula is C57H65N9O7S. The second-order valence-corrected chi connectivity index (χ2v) is 23.3. The lowest BCUT2D eigenvalue weighted by Crippen LogP contribution is -2.60. The van der Waals surface area contributed by atoms with Crippen molar-refractivity contribution in [1.82, 2.24) is 24.5 Å². The van der Waals surface area contributed by atoms with Gasteiger partial charge in [0.15, 0.2) is 5.69 Å². The molecule has 10 rings (SSSR count). The fourth-order valence-corrected chi connectivity index (χ4v) is 12.8. The maximum Gasteiger partial charge on any atom is 0.293 e. The van der Waals surface area contributed by atoms with Crippen molar-refractivity contribution in [1.29, 1.82) is 0 Å². The van der Waals surface area contributed by atoms with Crippen molar-refractivity contribution in [2.24, 2.45) is 11.3 Å². The molecule has 4 aromatic carbocycles. The van der Waals surface area contributed by atoms with Crippen LogP contribution in [0.25, 0.3) is 15.9 Å². The van der Waals surface area contributed by atoms with Crippen LogP contribution in [0.4, 0.5) is 22.7 Å². The molecule has 2 aromatic heterocycles. The number of hydrogen-bond acceptors (Lipinski definition) is 12. The lowest BCUT2D eigenvalue weighted by Gasteiger charge is -2.58. The molecule has 2 saturated carbocycles. The molecule has 4 aliphatic rings. The van der Waals surface area contributed by atoms with Crippen LogP contribution in [-0.4, -0.2) is 95.0 Å². The SMILES string of the molecule is [C-]#[N+]c1ccc(CN2CCN(C3CC4(CCN(c5ccc(C(=O)NS(=O)(=O)c6ccc(NCC7CCC(C)(O)CC7)c([N+](=O)[O-])c6)c(Oc6cnc7[nH]ccc7c6)c5)CC4)C3)C(c3ccccc3C(C)C)C2)cc1. The number of anilines is 2. The summed E-state index contributed by atoms with van der Waals surface area (Å²) >= 11 is 0. The Labute approximate surface area is 433 Å². The van der Waals surface area contributed by atoms with E-state index in [4.69, 9.17) is 11.3 Å². The van der Waals surface area contributed by atoms with Crippen LogP contribution in [0.2, 0.25) is 0 Å². The van der Waals surface area contributed by atoms with E-state index in [9.17, 15) is 28.4 Å². The van der Waals surface area contributed by atoms with Crippen molar-refractivity contribution in [2.75, 3.05) is 49.5 Å². The molecule has 386 valence electrons. The molecule has 1 spiro atoms. The molecule has 4 heterocycles. The zero-order valence-electron chi connectivity index (χ0n) is 42.3. The summed E-state index contributed by atoms with van der Waals surface area (Å²) in [6, 6.07) is 30.0. The van der Waals surface area contributed by atoms with Gasteiger partial charge >= 0.3 is 0 Å². The average molecular weight is 1020 g/mol. The summed E-state index contributed by atoms with van der Waals surface area (Å²) in [6.45, 7) is 19.5. The Morgan fingerprint density at radius 3 is 2.46 bits per heavy atom. The number of carbonyl (C=O) groups excluding carboxylic acids is 1. The van der Waals surface area contributed by atoms with Crippen molar-refractivity contribution in [2.45, 2.75) is 107 Å². The van der Waals surface area contributed by atoms with Gasteiger partial charge in [0.25, 0.3) is 21.6 Å². The van der Waals surface area contributed by atoms with Gasteiger partial charge < -0.3 is 25.0 Å². The monoisotopic (exact) mass is 1020 g/mol. The molecule has 4 fully saturated rings. The maximum atomic E-state index is 14.1. The molecule has 1 amide bonds. The van der Waals surface area contributed by atoms with Crippen molar-refractivity contribution < 1.29 is 28.0 Å². The number of benzene rings is 4. The van der Waals surface area contributed by atoms with Gasteiger partial charge in [-0.05, 0) is 129 Å². The van der Waals surface area contributed by atoms with Gasteiger partial charge in [-0.1, -0.05) is 62.4 Å².